The number of para-hydroxylation sites is 1. The first-order valence-electron chi connectivity index (χ1n) is 9.20. The number of aromatic nitrogens is 1. The second-order valence-corrected chi connectivity index (χ2v) is 8.19. The van der Waals surface area contributed by atoms with Crippen LogP contribution in [-0.4, -0.2) is 22.8 Å². The summed E-state index contributed by atoms with van der Waals surface area (Å²) >= 11 is 0. The minimum Gasteiger partial charge on any atom is -0.496 e. The Labute approximate surface area is 164 Å². The van der Waals surface area contributed by atoms with Crippen LogP contribution < -0.4 is 4.74 Å². The molecular formula is C23H25FN2O2. The molecule has 0 saturated carbocycles. The van der Waals surface area contributed by atoms with E-state index < -0.39 is 11.0 Å². The molecule has 0 amide bonds. The predicted octanol–water partition coefficient (Wildman–Crippen LogP) is 5.53. The molecule has 2 aromatic carbocycles. The zero-order valence-electron chi connectivity index (χ0n) is 16.6. The van der Waals surface area contributed by atoms with E-state index in [9.17, 15) is 9.50 Å². The van der Waals surface area contributed by atoms with E-state index in [-0.39, 0.29) is 5.82 Å². The van der Waals surface area contributed by atoms with Crippen molar-refractivity contribution in [3.63, 3.8) is 0 Å². The molecule has 0 saturated heterocycles. The number of H-pyrrole nitrogens is 1. The lowest BCUT2D eigenvalue weighted by atomic mass is 9.74. The highest BCUT2D eigenvalue weighted by Crippen LogP contribution is 2.40. The number of hydrogen-bond donors (Lipinski definition) is 2. The van der Waals surface area contributed by atoms with Gasteiger partial charge in [-0.1, -0.05) is 32.0 Å². The Morgan fingerprint density at radius 3 is 2.57 bits per heavy atom. The Hall–Kier alpha value is -2.84. The monoisotopic (exact) mass is 380 g/mol. The quantitative estimate of drug-likeness (QED) is 0.553. The molecule has 28 heavy (non-hydrogen) atoms. The van der Waals surface area contributed by atoms with Crippen LogP contribution in [0.5, 0.6) is 5.75 Å². The lowest BCUT2D eigenvalue weighted by Crippen LogP contribution is -2.36. The first kappa shape index (κ1) is 19.9. The van der Waals surface area contributed by atoms with Crippen LogP contribution in [0.3, 0.4) is 0 Å². The highest BCUT2D eigenvalue weighted by Gasteiger charge is 2.35. The number of halogens is 1. The van der Waals surface area contributed by atoms with Crippen LogP contribution in [-0.2, 0) is 11.8 Å². The summed E-state index contributed by atoms with van der Waals surface area (Å²) in [5.74, 6) is 0.254. The van der Waals surface area contributed by atoms with Gasteiger partial charge in [-0.2, -0.15) is 0 Å². The van der Waals surface area contributed by atoms with Crippen LogP contribution in [0.15, 0.2) is 42.5 Å². The number of methoxy groups -OCH3 is 1. The molecule has 2 N–H and O–H groups in total. The molecule has 3 aromatic rings. The summed E-state index contributed by atoms with van der Waals surface area (Å²) in [7, 11) is 1.55. The second kappa shape index (κ2) is 7.29. The molecule has 0 fully saturated rings. The van der Waals surface area contributed by atoms with E-state index in [1.165, 1.54) is 12.1 Å². The molecule has 0 aliphatic carbocycles. The number of aromatic amines is 1. The Morgan fingerprint density at radius 2 is 1.89 bits per heavy atom. The van der Waals surface area contributed by atoms with Gasteiger partial charge in [0.15, 0.2) is 0 Å². The van der Waals surface area contributed by atoms with Gasteiger partial charge in [0.2, 0.25) is 5.69 Å². The zero-order chi connectivity index (χ0) is 20.5. The van der Waals surface area contributed by atoms with Crippen LogP contribution in [0.25, 0.3) is 15.7 Å². The number of hydrogen-bond acceptors (Lipinski definition) is 2. The van der Waals surface area contributed by atoms with Crippen molar-refractivity contribution < 1.29 is 14.2 Å². The fourth-order valence-corrected chi connectivity index (χ4v) is 4.14. The number of fused-ring (bicyclic) bond motifs is 1. The SMILES string of the molecule is [C-]#[N+]c1c(CC(C)(O)CC(C)(C)c2cc(F)ccc2OC)[nH]c2ccccc12. The molecule has 3 rings (SSSR count). The first-order valence-corrected chi connectivity index (χ1v) is 9.20. The lowest BCUT2D eigenvalue weighted by molar-refractivity contribution is 0.0307. The van der Waals surface area contributed by atoms with Crippen LogP contribution in [0, 0.1) is 12.4 Å². The van der Waals surface area contributed by atoms with Crippen LogP contribution in [0.1, 0.15) is 38.4 Å². The first-order chi connectivity index (χ1) is 13.2. The van der Waals surface area contributed by atoms with E-state index in [0.29, 0.717) is 35.5 Å². The summed E-state index contributed by atoms with van der Waals surface area (Å²) in [6.07, 6.45) is 0.660. The van der Waals surface area contributed by atoms with Crippen molar-refractivity contribution in [3.8, 4) is 5.75 Å². The standard InChI is InChI=1S/C23H25FN2O2/c1-22(2,17-12-15(24)10-11-20(17)28-5)14-23(3,27)13-19-21(25-4)16-8-6-7-9-18(16)26-19/h6-12,26-27H,13-14H2,1-3,5H3. The maximum Gasteiger partial charge on any atom is 0.215 e. The molecule has 0 bridgehead atoms. The lowest BCUT2D eigenvalue weighted by Gasteiger charge is -2.35. The van der Waals surface area contributed by atoms with Crippen molar-refractivity contribution in [2.75, 3.05) is 7.11 Å². The third-order valence-electron chi connectivity index (χ3n) is 5.14. The third-order valence-corrected chi connectivity index (χ3v) is 5.14. The van der Waals surface area contributed by atoms with Crippen LogP contribution in [0.4, 0.5) is 10.1 Å². The minimum absolute atomic E-state index is 0.292. The van der Waals surface area contributed by atoms with Crippen molar-refractivity contribution in [2.45, 2.75) is 44.6 Å². The molecule has 1 aromatic heterocycles. The molecule has 4 nitrogen and oxygen atoms in total. The number of rotatable bonds is 6. The fourth-order valence-electron chi connectivity index (χ4n) is 4.14. The minimum atomic E-state index is -1.11. The molecule has 146 valence electrons. The van der Waals surface area contributed by atoms with Gasteiger partial charge in [0.05, 0.1) is 19.3 Å². The Bertz CT molecular complexity index is 1040. The summed E-state index contributed by atoms with van der Waals surface area (Å²) in [5.41, 5.74) is 1.19. The highest BCUT2D eigenvalue weighted by molar-refractivity contribution is 5.94. The van der Waals surface area contributed by atoms with Crippen molar-refractivity contribution in [3.05, 3.63) is 71.0 Å². The molecule has 0 aliphatic rings. The summed E-state index contributed by atoms with van der Waals surface area (Å²) in [6, 6.07) is 12.1. The van der Waals surface area contributed by atoms with E-state index in [2.05, 4.69) is 9.83 Å². The molecule has 0 spiro atoms. The number of aliphatic hydroxyl groups is 1. The van der Waals surface area contributed by atoms with Gasteiger partial charge in [0.25, 0.3) is 0 Å². The summed E-state index contributed by atoms with van der Waals surface area (Å²) < 4.78 is 19.3. The number of nitrogens with one attached hydrogen (secondary N) is 1. The molecule has 1 heterocycles. The number of nitrogens with zero attached hydrogens (tertiary/aromatic N) is 1. The fraction of sp³-hybridized carbons (Fsp3) is 0.348. The topological polar surface area (TPSA) is 49.6 Å². The van der Waals surface area contributed by atoms with E-state index in [0.717, 1.165) is 10.9 Å². The van der Waals surface area contributed by atoms with Gasteiger partial charge in [0.1, 0.15) is 11.6 Å². The average molecular weight is 380 g/mol. The Kier molecular flexibility index (Phi) is 5.18. The molecule has 0 aliphatic heterocycles. The van der Waals surface area contributed by atoms with Crippen molar-refractivity contribution in [1.82, 2.24) is 4.98 Å². The number of benzene rings is 2. The van der Waals surface area contributed by atoms with E-state index >= 15 is 0 Å². The smallest absolute Gasteiger partial charge is 0.215 e. The molecule has 0 radical (unpaired) electrons. The van der Waals surface area contributed by atoms with Crippen molar-refractivity contribution in [1.29, 1.82) is 0 Å². The molecule has 5 heteroatoms. The largest absolute Gasteiger partial charge is 0.496 e. The van der Waals surface area contributed by atoms with Gasteiger partial charge < -0.3 is 14.8 Å². The van der Waals surface area contributed by atoms with E-state index in [1.807, 2.05) is 38.1 Å². The van der Waals surface area contributed by atoms with Gasteiger partial charge >= 0.3 is 0 Å². The maximum atomic E-state index is 13.9. The Morgan fingerprint density at radius 1 is 1.18 bits per heavy atom. The second-order valence-electron chi connectivity index (χ2n) is 8.19. The van der Waals surface area contributed by atoms with E-state index in [1.54, 1.807) is 20.1 Å². The van der Waals surface area contributed by atoms with Gasteiger partial charge in [-0.25, -0.2) is 9.24 Å². The Balaban J connectivity index is 1.92. The normalized spacial score (nSPS) is 13.9. The molecule has 1 atom stereocenters. The molecular weight excluding hydrogens is 355 g/mol. The summed E-state index contributed by atoms with van der Waals surface area (Å²) in [6.45, 7) is 13.2. The van der Waals surface area contributed by atoms with Gasteiger partial charge in [-0.15, -0.1) is 0 Å². The predicted molar refractivity (Wildman–Crippen MR) is 109 cm³/mol. The van der Waals surface area contributed by atoms with Crippen molar-refractivity contribution >= 4 is 16.6 Å². The number of ether oxygens (including phenoxy) is 1. The summed E-state index contributed by atoms with van der Waals surface area (Å²) in [4.78, 5) is 6.94. The van der Waals surface area contributed by atoms with Gasteiger partial charge in [0, 0.05) is 28.6 Å². The summed E-state index contributed by atoms with van der Waals surface area (Å²) in [5, 5.41) is 12.0. The van der Waals surface area contributed by atoms with Crippen LogP contribution >= 0.6 is 0 Å². The van der Waals surface area contributed by atoms with E-state index in [4.69, 9.17) is 11.3 Å². The average Bonchev–Trinajstić information content (AvgIpc) is 2.96. The highest BCUT2D eigenvalue weighted by atomic mass is 19.1. The third kappa shape index (κ3) is 3.88. The molecule has 1 unspecified atom stereocenters. The van der Waals surface area contributed by atoms with Gasteiger partial charge in [-0.3, -0.25) is 0 Å². The van der Waals surface area contributed by atoms with Crippen molar-refractivity contribution in [2.24, 2.45) is 0 Å². The van der Waals surface area contributed by atoms with Crippen LogP contribution in [0.2, 0.25) is 0 Å². The maximum absolute atomic E-state index is 13.9. The zero-order valence-corrected chi connectivity index (χ0v) is 16.6. The van der Waals surface area contributed by atoms with Gasteiger partial charge in [-0.05, 0) is 43.0 Å².